The molecule has 4 aliphatic rings. The molecule has 2 aliphatic heterocycles. The highest BCUT2D eigenvalue weighted by Gasteiger charge is 2.59. The van der Waals surface area contributed by atoms with Crippen LogP contribution in [0.5, 0.6) is 17.2 Å². The second-order valence-electron chi connectivity index (χ2n) is 9.11. The van der Waals surface area contributed by atoms with Gasteiger partial charge in [-0.1, -0.05) is 26.0 Å². The number of methoxy groups -OCH3 is 1. The van der Waals surface area contributed by atoms with Crippen LogP contribution in [0.4, 0.5) is 0 Å². The first kappa shape index (κ1) is 22.3. The van der Waals surface area contributed by atoms with E-state index < -0.39 is 29.1 Å². The van der Waals surface area contributed by atoms with Gasteiger partial charge in [-0.05, 0) is 37.5 Å². The van der Waals surface area contributed by atoms with Gasteiger partial charge in [-0.25, -0.2) is 4.79 Å². The van der Waals surface area contributed by atoms with Gasteiger partial charge in [-0.15, -0.1) is 0 Å². The predicted octanol–water partition coefficient (Wildman–Crippen LogP) is 3.49. The lowest BCUT2D eigenvalue weighted by Gasteiger charge is -2.38. The number of ketones is 2. The topological polar surface area (TPSA) is 97.4 Å². The number of ether oxygens (including phenoxy) is 5. The zero-order valence-corrected chi connectivity index (χ0v) is 19.7. The predicted molar refractivity (Wildman–Crippen MR) is 120 cm³/mol. The van der Waals surface area contributed by atoms with Gasteiger partial charge in [-0.2, -0.15) is 0 Å². The second kappa shape index (κ2) is 7.75. The summed E-state index contributed by atoms with van der Waals surface area (Å²) in [5.74, 6) is -0.946. The third kappa shape index (κ3) is 2.87. The van der Waals surface area contributed by atoms with Crippen LogP contribution in [0.25, 0.3) is 0 Å². The third-order valence-electron chi connectivity index (χ3n) is 7.37. The molecule has 1 aromatic rings. The molecule has 1 unspecified atom stereocenters. The molecule has 2 aliphatic carbocycles. The zero-order chi connectivity index (χ0) is 24.4. The van der Waals surface area contributed by atoms with E-state index in [0.29, 0.717) is 39.5 Å². The molecule has 5 rings (SSSR count). The van der Waals surface area contributed by atoms with E-state index in [9.17, 15) is 14.4 Å². The molecular formula is C26H26O8. The van der Waals surface area contributed by atoms with Crippen molar-refractivity contribution in [2.24, 2.45) is 11.8 Å². The third-order valence-corrected chi connectivity index (χ3v) is 7.37. The molecule has 0 bridgehead atoms. The summed E-state index contributed by atoms with van der Waals surface area (Å²) in [5, 5.41) is 0. The molecule has 0 saturated heterocycles. The summed E-state index contributed by atoms with van der Waals surface area (Å²) in [6.07, 6.45) is 4.54. The van der Waals surface area contributed by atoms with Crippen molar-refractivity contribution in [2.45, 2.75) is 39.2 Å². The van der Waals surface area contributed by atoms with Gasteiger partial charge in [-0.3, -0.25) is 9.59 Å². The van der Waals surface area contributed by atoms with Gasteiger partial charge >= 0.3 is 5.97 Å². The van der Waals surface area contributed by atoms with E-state index >= 15 is 0 Å². The highest BCUT2D eigenvalue weighted by molar-refractivity contribution is 6.48. The van der Waals surface area contributed by atoms with Crippen LogP contribution >= 0.6 is 0 Å². The van der Waals surface area contributed by atoms with Gasteiger partial charge in [0.05, 0.1) is 7.11 Å². The largest absolute Gasteiger partial charge is 0.493 e. The van der Waals surface area contributed by atoms with Crippen molar-refractivity contribution in [3.63, 3.8) is 0 Å². The molecule has 2 heterocycles. The van der Waals surface area contributed by atoms with Crippen LogP contribution in [0.15, 0.2) is 41.2 Å². The number of carbonyl (C=O) groups excluding carboxylic acids is 3. The molecule has 178 valence electrons. The fourth-order valence-electron chi connectivity index (χ4n) is 5.09. The quantitative estimate of drug-likeness (QED) is 0.379. The van der Waals surface area contributed by atoms with Gasteiger partial charge in [0, 0.05) is 22.6 Å². The lowest BCUT2D eigenvalue weighted by atomic mass is 9.63. The van der Waals surface area contributed by atoms with E-state index in [4.69, 9.17) is 23.7 Å². The Morgan fingerprint density at radius 1 is 1.18 bits per heavy atom. The van der Waals surface area contributed by atoms with E-state index in [1.54, 1.807) is 32.1 Å². The summed E-state index contributed by atoms with van der Waals surface area (Å²) in [6, 6.07) is 1.75. The summed E-state index contributed by atoms with van der Waals surface area (Å²) in [4.78, 5) is 39.6. The Balaban J connectivity index is 1.82. The van der Waals surface area contributed by atoms with Crippen molar-refractivity contribution >= 4 is 17.5 Å². The Bertz CT molecular complexity index is 1220. The molecule has 0 aromatic heterocycles. The highest BCUT2D eigenvalue weighted by Crippen LogP contribution is 2.59. The molecule has 34 heavy (non-hydrogen) atoms. The maximum atomic E-state index is 13.7. The maximum absolute atomic E-state index is 13.7. The number of rotatable bonds is 3. The summed E-state index contributed by atoms with van der Waals surface area (Å²) in [7, 11) is 1.37. The zero-order valence-electron chi connectivity index (χ0n) is 19.7. The smallest absolute Gasteiger partial charge is 0.333 e. The van der Waals surface area contributed by atoms with Crippen LogP contribution in [-0.2, 0) is 29.3 Å². The van der Waals surface area contributed by atoms with Crippen molar-refractivity contribution in [3.8, 4) is 17.2 Å². The second-order valence-corrected chi connectivity index (χ2v) is 9.11. The summed E-state index contributed by atoms with van der Waals surface area (Å²) in [6.45, 7) is 7.36. The van der Waals surface area contributed by atoms with Crippen molar-refractivity contribution in [3.05, 3.63) is 52.3 Å². The Morgan fingerprint density at radius 3 is 2.65 bits per heavy atom. The van der Waals surface area contributed by atoms with E-state index in [0.717, 1.165) is 0 Å². The molecule has 8 heteroatoms. The van der Waals surface area contributed by atoms with Gasteiger partial charge in [0.25, 0.3) is 5.78 Å². The number of esters is 1. The van der Waals surface area contributed by atoms with Crippen LogP contribution in [0, 0.1) is 11.8 Å². The monoisotopic (exact) mass is 466 g/mol. The minimum Gasteiger partial charge on any atom is -0.493 e. The summed E-state index contributed by atoms with van der Waals surface area (Å²) < 4.78 is 28.6. The number of hydrogen-bond acceptors (Lipinski definition) is 8. The summed E-state index contributed by atoms with van der Waals surface area (Å²) >= 11 is 0. The Labute approximate surface area is 197 Å². The first-order chi connectivity index (χ1) is 16.2. The van der Waals surface area contributed by atoms with Crippen LogP contribution in [0.3, 0.4) is 0 Å². The number of carbonyl (C=O) groups is 3. The molecule has 0 amide bonds. The first-order valence-corrected chi connectivity index (χ1v) is 11.2. The number of fused-ring (bicyclic) bond motifs is 2. The number of allylic oxidation sites excluding steroid dienone is 4. The molecule has 0 fully saturated rings. The molecule has 1 aromatic carbocycles. The van der Waals surface area contributed by atoms with Crippen molar-refractivity contribution in [1.29, 1.82) is 0 Å². The Hall–Kier alpha value is -3.55. The van der Waals surface area contributed by atoms with E-state index in [2.05, 4.69) is 0 Å². The average Bonchev–Trinajstić information content (AvgIpc) is 3.46. The fourth-order valence-corrected chi connectivity index (χ4v) is 5.09. The fraction of sp³-hybridized carbons (Fsp3) is 0.423. The molecule has 8 nitrogen and oxygen atoms in total. The van der Waals surface area contributed by atoms with Crippen LogP contribution < -0.4 is 14.2 Å². The maximum Gasteiger partial charge on any atom is 0.333 e. The molecular weight excluding hydrogens is 440 g/mol. The average molecular weight is 466 g/mol. The normalized spacial score (nSPS) is 30.7. The molecule has 0 radical (unpaired) electrons. The van der Waals surface area contributed by atoms with Gasteiger partial charge in [0.2, 0.25) is 18.3 Å². The molecule has 4 atom stereocenters. The number of benzene rings is 1. The van der Waals surface area contributed by atoms with Gasteiger partial charge in [0.1, 0.15) is 18.1 Å². The van der Waals surface area contributed by atoms with Gasteiger partial charge in [0.15, 0.2) is 17.3 Å². The van der Waals surface area contributed by atoms with Crippen molar-refractivity contribution in [2.75, 3.05) is 20.5 Å². The lowest BCUT2D eigenvalue weighted by Crippen LogP contribution is -2.48. The Kier molecular flexibility index (Phi) is 5.07. The minimum absolute atomic E-state index is 0.00101. The first-order valence-electron chi connectivity index (χ1n) is 11.2. The van der Waals surface area contributed by atoms with Crippen LogP contribution in [0.2, 0.25) is 0 Å². The van der Waals surface area contributed by atoms with Crippen LogP contribution in [-0.4, -0.2) is 38.0 Å². The van der Waals surface area contributed by atoms with E-state index in [-0.39, 0.29) is 31.0 Å². The minimum atomic E-state index is -1.39. The standard InChI is InChI=1S/C26H26O8/c1-6-12(2)25(29)34-21-14(4)13(3)7-15-8-17(30-5)20(27)24(28)26(15)10-31-23-19(26)16(21)9-18-22(23)33-11-32-18/h6-9,13-14,21H,10-11H2,1-5H3/b12-6-,15-7-/t13-,14-,21?,26+/m1/s1. The SMILES string of the molecule is C/C=C(/C)C(=O)OC1c2cc3c(c4c2[C@@]2(CO4)C(=O)C(=O)C(OC)=C/C2=C/[C@@H](C)[C@H]1C)OCO3. The molecule has 0 saturated carbocycles. The molecule has 1 spiro atoms. The highest BCUT2D eigenvalue weighted by atomic mass is 16.7. The lowest BCUT2D eigenvalue weighted by molar-refractivity contribution is -0.148. The van der Waals surface area contributed by atoms with Crippen LogP contribution in [0.1, 0.15) is 44.9 Å². The molecule has 0 N–H and O–H groups in total. The van der Waals surface area contributed by atoms with E-state index in [1.165, 1.54) is 7.11 Å². The number of Topliss-reactive ketones (excluding diaryl/α,β-unsaturated/α-hetero) is 2. The van der Waals surface area contributed by atoms with E-state index in [1.807, 2.05) is 19.9 Å². The summed E-state index contributed by atoms with van der Waals surface area (Å²) in [5.41, 5.74) is 0.774. The van der Waals surface area contributed by atoms with Gasteiger partial charge < -0.3 is 23.7 Å². The number of hydrogen-bond donors (Lipinski definition) is 0. The van der Waals surface area contributed by atoms with Crippen molar-refractivity contribution < 1.29 is 38.1 Å². The Morgan fingerprint density at radius 2 is 1.94 bits per heavy atom. The van der Waals surface area contributed by atoms with Crippen molar-refractivity contribution in [1.82, 2.24) is 0 Å².